The van der Waals surface area contributed by atoms with Gasteiger partial charge >= 0.3 is 5.97 Å². The van der Waals surface area contributed by atoms with E-state index in [1.54, 1.807) is 20.8 Å². The molecule has 0 aromatic carbocycles. The molecule has 0 radical (unpaired) electrons. The molecule has 0 aromatic heterocycles. The number of carbonyl (C=O) groups is 3. The minimum atomic E-state index is -3.60. The first-order valence-electron chi connectivity index (χ1n) is 7.75. The molecule has 2 rings (SSSR count). The van der Waals surface area contributed by atoms with Crippen LogP contribution in [0.1, 0.15) is 27.2 Å². The van der Waals surface area contributed by atoms with Crippen LogP contribution in [-0.2, 0) is 33.7 Å². The van der Waals surface area contributed by atoms with Crippen LogP contribution in [0.4, 0.5) is 0 Å². The quantitative estimate of drug-likeness (QED) is 0.477. The molecule has 25 heavy (non-hydrogen) atoms. The number of nitrogens with zero attached hydrogens (tertiary/aromatic N) is 1. The molecule has 10 heteroatoms. The highest BCUT2D eigenvalue weighted by Crippen LogP contribution is 2.36. The number of hydrogen-bond donors (Lipinski definition) is 1. The van der Waals surface area contributed by atoms with Gasteiger partial charge in [-0.1, -0.05) is 20.8 Å². The molecule has 9 nitrogen and oxygen atoms in total. The molecule has 2 N–H and O–H groups in total. The summed E-state index contributed by atoms with van der Waals surface area (Å²) in [5.41, 5.74) is 4.63. The van der Waals surface area contributed by atoms with E-state index in [1.165, 1.54) is 0 Å². The summed E-state index contributed by atoms with van der Waals surface area (Å²) in [5, 5.41) is -0.992. The number of hydrogen-bond acceptors (Lipinski definition) is 8. The molecule has 1 atom stereocenters. The molecular formula is C15H22N2O7S. The largest absolute Gasteiger partial charge is 0.471 e. The molecule has 1 amide bonds. The van der Waals surface area contributed by atoms with Gasteiger partial charge in [0.25, 0.3) is 0 Å². The molecule has 2 aliphatic rings. The van der Waals surface area contributed by atoms with Crippen LogP contribution in [0, 0.1) is 5.41 Å². The third kappa shape index (κ3) is 4.01. The van der Waals surface area contributed by atoms with Gasteiger partial charge in [0.15, 0.2) is 21.0 Å². The van der Waals surface area contributed by atoms with Gasteiger partial charge in [-0.3, -0.25) is 19.3 Å². The molecule has 0 spiro atoms. The normalized spacial score (nSPS) is 22.2. The van der Waals surface area contributed by atoms with E-state index in [4.69, 9.17) is 15.2 Å². The van der Waals surface area contributed by atoms with Gasteiger partial charge in [-0.05, 0) is 0 Å². The van der Waals surface area contributed by atoms with Gasteiger partial charge in [0.2, 0.25) is 11.8 Å². The molecule has 0 aliphatic carbocycles. The topological polar surface area (TPSA) is 133 Å². The van der Waals surface area contributed by atoms with Crippen LogP contribution in [0.2, 0.25) is 0 Å². The maximum absolute atomic E-state index is 12.2. The minimum Gasteiger partial charge on any atom is -0.471 e. The lowest BCUT2D eigenvalue weighted by Gasteiger charge is -2.44. The summed E-state index contributed by atoms with van der Waals surface area (Å²) in [5.74, 6) is -1.77. The summed E-state index contributed by atoms with van der Waals surface area (Å²) < 4.78 is 34.9. The van der Waals surface area contributed by atoms with Crippen molar-refractivity contribution in [3.8, 4) is 0 Å². The Balaban J connectivity index is 2.28. The second-order valence-corrected chi connectivity index (χ2v) is 9.12. The summed E-state index contributed by atoms with van der Waals surface area (Å²) in [6.07, 6.45) is -0.127. The number of fused-ring (bicyclic) bond motifs is 1. The second kappa shape index (κ2) is 6.75. The van der Waals surface area contributed by atoms with E-state index in [-0.39, 0.29) is 43.4 Å². The SMILES string of the molecule is CC(C)(C)C(=O)COC1=C(COC(=O)CN)CS(=O)(=O)[C@H]2CC(=O)N12. The zero-order valence-electron chi connectivity index (χ0n) is 14.4. The Labute approximate surface area is 146 Å². The molecule has 1 saturated heterocycles. The van der Waals surface area contributed by atoms with Crippen LogP contribution in [-0.4, -0.2) is 61.9 Å². The standard InChI is InChI=1S/C15H22N2O7S/c1-15(2,3)10(18)7-24-14-9(6-23-13(20)5-16)8-25(21,22)12-4-11(19)17(12)14/h12H,4-8,16H2,1-3H3/t12-/m0/s1. The average molecular weight is 374 g/mol. The van der Waals surface area contributed by atoms with Gasteiger partial charge in [-0.25, -0.2) is 8.42 Å². The van der Waals surface area contributed by atoms with Crippen molar-refractivity contribution in [2.75, 3.05) is 25.5 Å². The summed E-state index contributed by atoms with van der Waals surface area (Å²) in [6.45, 7) is 4.12. The van der Waals surface area contributed by atoms with Crippen molar-refractivity contribution in [1.29, 1.82) is 0 Å². The molecule has 2 heterocycles. The number of ether oxygens (including phenoxy) is 2. The number of carbonyl (C=O) groups excluding carboxylic acids is 3. The van der Waals surface area contributed by atoms with Crippen molar-refractivity contribution in [2.45, 2.75) is 32.6 Å². The highest BCUT2D eigenvalue weighted by molar-refractivity contribution is 7.92. The number of β-lactam (4-membered cyclic amide) rings is 1. The Morgan fingerprint density at radius 2 is 1.96 bits per heavy atom. The summed E-state index contributed by atoms with van der Waals surface area (Å²) in [6, 6.07) is 0. The van der Waals surface area contributed by atoms with Gasteiger partial charge in [-0.2, -0.15) is 0 Å². The Hall–Kier alpha value is -1.94. The fourth-order valence-electron chi connectivity index (χ4n) is 2.34. The number of amides is 1. The van der Waals surface area contributed by atoms with Crippen molar-refractivity contribution in [2.24, 2.45) is 11.1 Å². The van der Waals surface area contributed by atoms with Gasteiger partial charge in [0, 0.05) is 11.0 Å². The smallest absolute Gasteiger partial charge is 0.320 e. The summed E-state index contributed by atoms with van der Waals surface area (Å²) in [7, 11) is -3.60. The van der Waals surface area contributed by atoms with Crippen LogP contribution >= 0.6 is 0 Å². The Morgan fingerprint density at radius 1 is 1.32 bits per heavy atom. The number of sulfone groups is 1. The number of esters is 1. The average Bonchev–Trinajstić information content (AvgIpc) is 2.50. The first-order chi connectivity index (χ1) is 11.5. The Kier molecular flexibility index (Phi) is 5.24. The van der Waals surface area contributed by atoms with E-state index in [9.17, 15) is 22.8 Å². The van der Waals surface area contributed by atoms with E-state index in [0.29, 0.717) is 0 Å². The highest BCUT2D eigenvalue weighted by Gasteiger charge is 2.52. The minimum absolute atomic E-state index is 0.0153. The van der Waals surface area contributed by atoms with Crippen molar-refractivity contribution < 1.29 is 32.3 Å². The zero-order valence-corrected chi connectivity index (χ0v) is 15.2. The van der Waals surface area contributed by atoms with Crippen LogP contribution < -0.4 is 5.73 Å². The van der Waals surface area contributed by atoms with Gasteiger partial charge in [0.05, 0.1) is 18.7 Å². The van der Waals surface area contributed by atoms with E-state index in [0.717, 1.165) is 4.90 Å². The fourth-order valence-corrected chi connectivity index (χ4v) is 4.16. The van der Waals surface area contributed by atoms with E-state index in [1.807, 2.05) is 0 Å². The van der Waals surface area contributed by atoms with Crippen molar-refractivity contribution in [3.05, 3.63) is 11.5 Å². The lowest BCUT2D eigenvalue weighted by atomic mass is 9.91. The first-order valence-corrected chi connectivity index (χ1v) is 9.46. The van der Waals surface area contributed by atoms with Gasteiger partial charge in [0.1, 0.15) is 13.2 Å². The molecule has 2 aliphatic heterocycles. The summed E-state index contributed by atoms with van der Waals surface area (Å²) in [4.78, 5) is 36.2. The molecule has 140 valence electrons. The van der Waals surface area contributed by atoms with E-state index in [2.05, 4.69) is 0 Å². The fraction of sp³-hybridized carbons (Fsp3) is 0.667. The maximum Gasteiger partial charge on any atom is 0.320 e. The summed E-state index contributed by atoms with van der Waals surface area (Å²) >= 11 is 0. The number of ketones is 1. The number of rotatable bonds is 6. The lowest BCUT2D eigenvalue weighted by molar-refractivity contribution is -0.146. The van der Waals surface area contributed by atoms with Crippen molar-refractivity contribution in [3.63, 3.8) is 0 Å². The maximum atomic E-state index is 12.2. The van der Waals surface area contributed by atoms with E-state index < -0.39 is 38.3 Å². The Morgan fingerprint density at radius 3 is 2.48 bits per heavy atom. The molecule has 0 saturated carbocycles. The second-order valence-electron chi connectivity index (χ2n) is 6.97. The molecule has 0 bridgehead atoms. The van der Waals surface area contributed by atoms with Crippen LogP contribution in [0.15, 0.2) is 11.5 Å². The number of Topliss-reactive ketones (excluding diaryl/α,β-unsaturated/α-hetero) is 1. The van der Waals surface area contributed by atoms with Gasteiger partial charge in [-0.15, -0.1) is 0 Å². The Bertz CT molecular complexity index is 733. The molecular weight excluding hydrogens is 352 g/mol. The highest BCUT2D eigenvalue weighted by atomic mass is 32.2. The van der Waals surface area contributed by atoms with E-state index >= 15 is 0 Å². The predicted octanol–water partition coefficient (Wildman–Crippen LogP) is -0.681. The monoisotopic (exact) mass is 374 g/mol. The third-order valence-electron chi connectivity index (χ3n) is 3.97. The zero-order chi connectivity index (χ0) is 19.0. The molecule has 1 fully saturated rings. The first kappa shape index (κ1) is 19.4. The van der Waals surface area contributed by atoms with Crippen LogP contribution in [0.25, 0.3) is 0 Å². The predicted molar refractivity (Wildman–Crippen MR) is 86.5 cm³/mol. The molecule has 0 aromatic rings. The van der Waals surface area contributed by atoms with Gasteiger partial charge < -0.3 is 15.2 Å². The lowest BCUT2D eigenvalue weighted by Crippen LogP contribution is -2.59. The van der Waals surface area contributed by atoms with Crippen molar-refractivity contribution >= 4 is 27.5 Å². The third-order valence-corrected chi connectivity index (χ3v) is 5.93. The molecule has 0 unspecified atom stereocenters. The van der Waals surface area contributed by atoms with Crippen LogP contribution in [0.3, 0.4) is 0 Å². The number of nitrogens with two attached hydrogens (primary N) is 1. The van der Waals surface area contributed by atoms with Crippen molar-refractivity contribution in [1.82, 2.24) is 4.90 Å². The van der Waals surface area contributed by atoms with Crippen LogP contribution in [0.5, 0.6) is 0 Å².